The molecule has 0 N–H and O–H groups in total. The van der Waals surface area contributed by atoms with E-state index in [1.807, 2.05) is 24.7 Å². The lowest BCUT2D eigenvalue weighted by atomic mass is 10.2. The number of imidazole rings is 1. The van der Waals surface area contributed by atoms with E-state index in [0.29, 0.717) is 0 Å². The third kappa shape index (κ3) is 2.17. The summed E-state index contributed by atoms with van der Waals surface area (Å²) in [6, 6.07) is 27.4. The van der Waals surface area contributed by atoms with Gasteiger partial charge in [-0.05, 0) is 42.5 Å². The van der Waals surface area contributed by atoms with Crippen LogP contribution in [0.25, 0.3) is 44.8 Å². The second kappa shape index (κ2) is 6.12. The van der Waals surface area contributed by atoms with Crippen LogP contribution >= 0.6 is 0 Å². The van der Waals surface area contributed by atoms with Crippen LogP contribution in [0.15, 0.2) is 97.5 Å². The van der Waals surface area contributed by atoms with Crippen molar-refractivity contribution in [2.45, 2.75) is 6.54 Å². The Labute approximate surface area is 178 Å². The second-order valence-corrected chi connectivity index (χ2v) is 7.81. The molecule has 4 aromatic heterocycles. The maximum atomic E-state index is 4.68. The van der Waals surface area contributed by atoms with E-state index in [1.54, 1.807) is 0 Å². The molecule has 0 unspecified atom stereocenters. The van der Waals surface area contributed by atoms with E-state index >= 15 is 0 Å². The van der Waals surface area contributed by atoms with Crippen molar-refractivity contribution in [3.05, 3.63) is 103 Å². The van der Waals surface area contributed by atoms with Crippen molar-refractivity contribution in [2.24, 2.45) is 0 Å². The molecule has 1 aliphatic heterocycles. The highest BCUT2D eigenvalue weighted by molar-refractivity contribution is 6.05. The van der Waals surface area contributed by atoms with Crippen LogP contribution in [-0.2, 0) is 6.54 Å². The van der Waals surface area contributed by atoms with Gasteiger partial charge >= 0.3 is 0 Å². The van der Waals surface area contributed by atoms with Gasteiger partial charge in [-0.15, -0.1) is 0 Å². The molecule has 5 nitrogen and oxygen atoms in total. The van der Waals surface area contributed by atoms with Crippen molar-refractivity contribution in [3.8, 4) is 22.8 Å². The summed E-state index contributed by atoms with van der Waals surface area (Å²) in [5.41, 5.74) is 8.02. The Kier molecular flexibility index (Phi) is 3.27. The fourth-order valence-corrected chi connectivity index (χ4v) is 4.90. The molecule has 5 heterocycles. The SMILES string of the molecule is c1ccc(-n2c3[n+](c4c5cnccc5n(-c5ccccc5)c42)Cc2ncccc2-3)cc1. The number of fused-ring (bicyclic) bond motifs is 7. The van der Waals surface area contributed by atoms with Gasteiger partial charge in [-0.25, -0.2) is 4.57 Å². The number of hydrogen-bond acceptors (Lipinski definition) is 2. The maximum Gasteiger partial charge on any atom is 0.298 e. The van der Waals surface area contributed by atoms with Crippen LogP contribution in [0.1, 0.15) is 5.69 Å². The average molecular weight is 400 g/mol. The summed E-state index contributed by atoms with van der Waals surface area (Å²) < 4.78 is 7.11. The van der Waals surface area contributed by atoms with Gasteiger partial charge in [-0.3, -0.25) is 14.5 Å². The second-order valence-electron chi connectivity index (χ2n) is 7.81. The molecule has 2 aromatic carbocycles. The normalized spacial score (nSPS) is 12.4. The summed E-state index contributed by atoms with van der Waals surface area (Å²) in [5.74, 6) is 1.16. The van der Waals surface area contributed by atoms with Gasteiger partial charge in [0.15, 0.2) is 0 Å². The predicted molar refractivity (Wildman–Crippen MR) is 120 cm³/mol. The first-order valence-electron chi connectivity index (χ1n) is 10.4. The summed E-state index contributed by atoms with van der Waals surface area (Å²) in [4.78, 5) is 9.15. The number of para-hydroxylation sites is 2. The molecule has 0 bridgehead atoms. The Morgan fingerprint density at radius 2 is 1.48 bits per heavy atom. The van der Waals surface area contributed by atoms with Crippen molar-refractivity contribution >= 4 is 22.1 Å². The summed E-state index contributed by atoms with van der Waals surface area (Å²) in [6.45, 7) is 0.755. The van der Waals surface area contributed by atoms with Crippen LogP contribution in [0, 0.1) is 0 Å². The number of aromatic nitrogens is 5. The number of rotatable bonds is 2. The summed E-state index contributed by atoms with van der Waals surface area (Å²) in [7, 11) is 0. The largest absolute Gasteiger partial charge is 0.298 e. The van der Waals surface area contributed by atoms with Gasteiger partial charge in [0.05, 0.1) is 22.2 Å². The third-order valence-electron chi connectivity index (χ3n) is 6.13. The van der Waals surface area contributed by atoms with E-state index in [1.165, 1.54) is 11.1 Å². The van der Waals surface area contributed by atoms with Crippen LogP contribution in [0.4, 0.5) is 0 Å². The number of nitrogens with zero attached hydrogens (tertiary/aromatic N) is 5. The molecule has 0 spiro atoms. The zero-order chi connectivity index (χ0) is 20.4. The third-order valence-corrected chi connectivity index (χ3v) is 6.13. The van der Waals surface area contributed by atoms with Crippen molar-refractivity contribution in [3.63, 3.8) is 0 Å². The van der Waals surface area contributed by atoms with Crippen LogP contribution in [0.2, 0.25) is 0 Å². The molecule has 0 aliphatic carbocycles. The predicted octanol–water partition coefficient (Wildman–Crippen LogP) is 4.68. The van der Waals surface area contributed by atoms with E-state index in [0.717, 1.165) is 46.0 Å². The number of hydrogen-bond donors (Lipinski definition) is 0. The van der Waals surface area contributed by atoms with Gasteiger partial charge in [0.1, 0.15) is 12.2 Å². The highest BCUT2D eigenvalue weighted by Gasteiger charge is 2.39. The van der Waals surface area contributed by atoms with Gasteiger partial charge in [0, 0.05) is 24.3 Å². The monoisotopic (exact) mass is 400 g/mol. The van der Waals surface area contributed by atoms with E-state index in [2.05, 4.69) is 96.5 Å². The molecule has 0 atom stereocenters. The van der Waals surface area contributed by atoms with Crippen LogP contribution in [0.5, 0.6) is 0 Å². The molecular formula is C26H18N5+. The minimum atomic E-state index is 0.755. The molecule has 5 heteroatoms. The number of pyridine rings is 2. The van der Waals surface area contributed by atoms with E-state index in [9.17, 15) is 0 Å². The first kappa shape index (κ1) is 16.5. The number of benzene rings is 2. The Morgan fingerprint density at radius 3 is 2.26 bits per heavy atom. The maximum absolute atomic E-state index is 4.68. The van der Waals surface area contributed by atoms with E-state index in [-0.39, 0.29) is 0 Å². The Balaban J connectivity index is 1.74. The average Bonchev–Trinajstić information content (AvgIpc) is 3.46. The first-order valence-corrected chi connectivity index (χ1v) is 10.4. The quantitative estimate of drug-likeness (QED) is 0.395. The highest BCUT2D eigenvalue weighted by Crippen LogP contribution is 2.38. The molecular weight excluding hydrogens is 382 g/mol. The Hall–Kier alpha value is -4.25. The van der Waals surface area contributed by atoms with Gasteiger partial charge in [-0.2, -0.15) is 4.57 Å². The molecule has 0 saturated heterocycles. The molecule has 7 rings (SSSR count). The fraction of sp³-hybridized carbons (Fsp3) is 0.0385. The molecule has 31 heavy (non-hydrogen) atoms. The van der Waals surface area contributed by atoms with Gasteiger partial charge < -0.3 is 0 Å². The van der Waals surface area contributed by atoms with Gasteiger partial charge in [0.2, 0.25) is 5.52 Å². The fourth-order valence-electron chi connectivity index (χ4n) is 4.90. The topological polar surface area (TPSA) is 39.5 Å². The van der Waals surface area contributed by atoms with Crippen LogP contribution < -0.4 is 4.57 Å². The smallest absolute Gasteiger partial charge is 0.273 e. The van der Waals surface area contributed by atoms with Crippen LogP contribution in [-0.4, -0.2) is 19.1 Å². The summed E-state index contributed by atoms with van der Waals surface area (Å²) >= 11 is 0. The lowest BCUT2D eigenvalue weighted by molar-refractivity contribution is -0.645. The van der Waals surface area contributed by atoms with Crippen LogP contribution in [0.3, 0.4) is 0 Å². The minimum Gasteiger partial charge on any atom is -0.273 e. The van der Waals surface area contributed by atoms with Gasteiger partial charge in [0.25, 0.3) is 11.5 Å². The summed E-state index contributed by atoms with van der Waals surface area (Å²) in [5, 5.41) is 1.14. The lowest BCUT2D eigenvalue weighted by Gasteiger charge is -2.08. The molecule has 0 saturated carbocycles. The Morgan fingerprint density at radius 1 is 0.742 bits per heavy atom. The van der Waals surface area contributed by atoms with Crippen molar-refractivity contribution < 1.29 is 4.57 Å². The molecule has 1 aliphatic rings. The van der Waals surface area contributed by atoms with E-state index in [4.69, 9.17) is 0 Å². The zero-order valence-electron chi connectivity index (χ0n) is 16.7. The molecule has 146 valence electrons. The lowest BCUT2D eigenvalue weighted by Crippen LogP contribution is -2.31. The molecule has 6 aromatic rings. The van der Waals surface area contributed by atoms with E-state index < -0.39 is 0 Å². The van der Waals surface area contributed by atoms with Crippen molar-refractivity contribution in [1.82, 2.24) is 19.1 Å². The minimum absolute atomic E-state index is 0.755. The van der Waals surface area contributed by atoms with Crippen molar-refractivity contribution in [1.29, 1.82) is 0 Å². The first-order chi connectivity index (χ1) is 15.4. The summed E-state index contributed by atoms with van der Waals surface area (Å²) in [6.07, 6.45) is 5.73. The standard InChI is InChI=1S/C26H18N5/c1-3-8-18(9-4-1)30-23-13-15-27-16-21(23)24-26(30)31(19-10-5-2-6-11-19)25-20-12-7-14-28-22(20)17-29(24)25/h1-16H,17H2/q+1. The molecule has 0 amide bonds. The molecule has 0 radical (unpaired) electrons. The van der Waals surface area contributed by atoms with Crippen molar-refractivity contribution in [2.75, 3.05) is 0 Å². The highest BCUT2D eigenvalue weighted by atomic mass is 15.3. The van der Waals surface area contributed by atoms with Gasteiger partial charge in [-0.1, -0.05) is 36.4 Å². The Bertz CT molecular complexity index is 1590. The zero-order valence-corrected chi connectivity index (χ0v) is 16.7. The molecule has 0 fully saturated rings.